The number of amides is 3. The van der Waals surface area contributed by atoms with E-state index in [9.17, 15) is 9.59 Å². The topological polar surface area (TPSA) is 131 Å². The van der Waals surface area contributed by atoms with Gasteiger partial charge in [-0.25, -0.2) is 19.7 Å². The highest BCUT2D eigenvalue weighted by atomic mass is 32.1. The van der Waals surface area contributed by atoms with Crippen molar-refractivity contribution in [3.63, 3.8) is 0 Å². The molecule has 3 amide bonds. The van der Waals surface area contributed by atoms with Crippen LogP contribution in [0.25, 0.3) is 10.6 Å². The number of hydrogen-bond acceptors (Lipinski definition) is 7. The number of rotatable bonds is 6. The van der Waals surface area contributed by atoms with Crippen LogP contribution in [0.1, 0.15) is 37.4 Å². The van der Waals surface area contributed by atoms with Gasteiger partial charge in [-0.15, -0.1) is 11.3 Å². The second kappa shape index (κ2) is 7.70. The Balaban J connectivity index is 2.08. The molecule has 0 saturated carbocycles. The molecule has 0 aromatic carbocycles. The zero-order valence-electron chi connectivity index (χ0n) is 16.3. The van der Waals surface area contributed by atoms with Crippen molar-refractivity contribution in [3.05, 3.63) is 23.0 Å². The van der Waals surface area contributed by atoms with Gasteiger partial charge in [-0.3, -0.25) is 4.79 Å². The maximum absolute atomic E-state index is 12.4. The Kier molecular flexibility index (Phi) is 5.50. The number of aromatic nitrogens is 3. The molecule has 1 saturated heterocycles. The minimum absolute atomic E-state index is 0.381. The van der Waals surface area contributed by atoms with Crippen molar-refractivity contribution in [2.24, 2.45) is 11.5 Å². The molecule has 0 aliphatic carbocycles. The fourth-order valence-electron chi connectivity index (χ4n) is 3.65. The third-order valence-electron chi connectivity index (χ3n) is 5.13. The minimum Gasteiger partial charge on any atom is -0.367 e. The molecule has 28 heavy (non-hydrogen) atoms. The number of anilines is 1. The quantitative estimate of drug-likeness (QED) is 0.753. The van der Waals surface area contributed by atoms with E-state index in [1.807, 2.05) is 26.8 Å². The Labute approximate surface area is 167 Å². The summed E-state index contributed by atoms with van der Waals surface area (Å²) in [5, 5.41) is 0.479. The molecule has 1 aliphatic rings. The van der Waals surface area contributed by atoms with Crippen LogP contribution in [0.3, 0.4) is 0 Å². The Morgan fingerprint density at radius 1 is 1.29 bits per heavy atom. The van der Waals surface area contributed by atoms with Gasteiger partial charge in [0, 0.05) is 25.8 Å². The molecule has 3 rings (SSSR count). The van der Waals surface area contributed by atoms with Crippen molar-refractivity contribution in [2.45, 2.75) is 39.2 Å². The van der Waals surface area contributed by atoms with Gasteiger partial charge in [0.25, 0.3) is 5.91 Å². The molecular weight excluding hydrogens is 378 g/mol. The zero-order chi connectivity index (χ0) is 20.5. The molecule has 3 heterocycles. The van der Waals surface area contributed by atoms with E-state index in [0.29, 0.717) is 30.3 Å². The van der Waals surface area contributed by atoms with Crippen molar-refractivity contribution in [1.29, 1.82) is 0 Å². The average molecular weight is 404 g/mol. The molecule has 1 atom stereocenters. The largest absolute Gasteiger partial charge is 0.367 e. The number of nitrogens with two attached hydrogens (primary N) is 2. The highest BCUT2D eigenvalue weighted by Crippen LogP contribution is 2.43. The number of carbonyl (C=O) groups is 2. The van der Waals surface area contributed by atoms with E-state index >= 15 is 0 Å². The highest BCUT2D eigenvalue weighted by molar-refractivity contribution is 7.15. The van der Waals surface area contributed by atoms with Crippen LogP contribution in [0.4, 0.5) is 10.7 Å². The Bertz CT molecular complexity index is 896. The summed E-state index contributed by atoms with van der Waals surface area (Å²) in [6.07, 6.45) is 2.76. The maximum atomic E-state index is 12.4. The summed E-state index contributed by atoms with van der Waals surface area (Å²) < 4.78 is 0. The highest BCUT2D eigenvalue weighted by Gasteiger charge is 2.52. The molecule has 1 aliphatic heterocycles. The maximum Gasteiger partial charge on any atom is 0.316 e. The van der Waals surface area contributed by atoms with E-state index in [4.69, 9.17) is 11.5 Å². The Hall–Kier alpha value is -2.75. The third kappa shape index (κ3) is 3.17. The number of likely N-dealkylation sites (tertiary alicyclic amines) is 1. The second-order valence-electron chi connectivity index (χ2n) is 6.67. The molecule has 0 spiro atoms. The van der Waals surface area contributed by atoms with Gasteiger partial charge in [-0.05, 0) is 39.7 Å². The molecular formula is C18H25N7O2S. The summed E-state index contributed by atoms with van der Waals surface area (Å²) >= 11 is 1.32. The number of urea groups is 1. The fourth-order valence-corrected chi connectivity index (χ4v) is 4.91. The van der Waals surface area contributed by atoms with Crippen LogP contribution >= 0.6 is 11.3 Å². The van der Waals surface area contributed by atoms with Crippen LogP contribution in [0.2, 0.25) is 0 Å². The van der Waals surface area contributed by atoms with Crippen molar-refractivity contribution in [1.82, 2.24) is 19.9 Å². The van der Waals surface area contributed by atoms with Crippen molar-refractivity contribution < 1.29 is 9.59 Å². The van der Waals surface area contributed by atoms with Gasteiger partial charge in [0.05, 0.1) is 16.3 Å². The minimum atomic E-state index is -1.30. The molecule has 1 unspecified atom stereocenters. The fraction of sp³-hybridized carbons (Fsp3) is 0.500. The van der Waals surface area contributed by atoms with Gasteiger partial charge in [-0.1, -0.05) is 0 Å². The summed E-state index contributed by atoms with van der Waals surface area (Å²) in [6, 6.07) is 1.14. The van der Waals surface area contributed by atoms with Crippen LogP contribution in [0.15, 0.2) is 12.3 Å². The summed E-state index contributed by atoms with van der Waals surface area (Å²) in [5.74, 6) is 0.0247. The first-order valence-corrected chi connectivity index (χ1v) is 10.1. The average Bonchev–Trinajstić information content (AvgIpc) is 3.27. The smallest absolute Gasteiger partial charge is 0.316 e. The van der Waals surface area contributed by atoms with Crippen LogP contribution in [0, 0.1) is 6.92 Å². The monoisotopic (exact) mass is 403 g/mol. The van der Waals surface area contributed by atoms with E-state index < -0.39 is 17.5 Å². The lowest BCUT2D eigenvalue weighted by molar-refractivity contribution is -0.127. The van der Waals surface area contributed by atoms with Crippen molar-refractivity contribution in [2.75, 3.05) is 24.5 Å². The van der Waals surface area contributed by atoms with E-state index in [0.717, 1.165) is 29.4 Å². The van der Waals surface area contributed by atoms with Crippen LogP contribution in [-0.4, -0.2) is 51.4 Å². The Morgan fingerprint density at radius 3 is 2.61 bits per heavy atom. The first-order chi connectivity index (χ1) is 13.3. The van der Waals surface area contributed by atoms with Crippen LogP contribution in [0.5, 0.6) is 0 Å². The summed E-state index contributed by atoms with van der Waals surface area (Å²) in [4.78, 5) is 42.2. The SMILES string of the molecule is CCN(CC)c1nccc(-c2sc(C3(C(N)=O)CCCN3C(N)=O)nc2C)n1. The molecule has 1 fully saturated rings. The summed E-state index contributed by atoms with van der Waals surface area (Å²) in [5.41, 5.74) is 11.4. The first kappa shape index (κ1) is 20.0. The molecule has 2 aromatic heterocycles. The second-order valence-corrected chi connectivity index (χ2v) is 7.66. The number of thiazole rings is 1. The van der Waals surface area contributed by atoms with E-state index in [2.05, 4.69) is 19.9 Å². The number of carbonyl (C=O) groups excluding carboxylic acids is 2. The molecule has 0 bridgehead atoms. The number of hydrogen-bond donors (Lipinski definition) is 2. The lowest BCUT2D eigenvalue weighted by Crippen LogP contribution is -2.55. The van der Waals surface area contributed by atoms with E-state index in [1.54, 1.807) is 6.20 Å². The number of primary amides is 2. The van der Waals surface area contributed by atoms with Gasteiger partial charge in [0.1, 0.15) is 5.01 Å². The molecule has 0 radical (unpaired) electrons. The molecule has 10 heteroatoms. The molecule has 4 N–H and O–H groups in total. The third-order valence-corrected chi connectivity index (χ3v) is 6.46. The van der Waals surface area contributed by atoms with Gasteiger partial charge in [-0.2, -0.15) is 0 Å². The molecule has 150 valence electrons. The van der Waals surface area contributed by atoms with Crippen molar-refractivity contribution in [3.8, 4) is 10.6 Å². The van der Waals surface area contributed by atoms with Gasteiger partial charge in [0.15, 0.2) is 5.54 Å². The lowest BCUT2D eigenvalue weighted by Gasteiger charge is -2.32. The van der Waals surface area contributed by atoms with E-state index in [1.165, 1.54) is 16.2 Å². The standard InChI is InChI=1S/C18H25N7O2S/c1-4-24(5-2)17-21-9-7-12(23-17)13-11(3)22-15(28-13)18(14(19)26)8-6-10-25(18)16(20)27/h7,9H,4-6,8,10H2,1-3H3,(H2,19,26)(H2,20,27). The van der Waals surface area contributed by atoms with E-state index in [-0.39, 0.29) is 0 Å². The van der Waals surface area contributed by atoms with Gasteiger partial charge < -0.3 is 21.3 Å². The summed E-state index contributed by atoms with van der Waals surface area (Å²) in [6.45, 7) is 7.92. The number of aryl methyl sites for hydroxylation is 1. The van der Waals surface area contributed by atoms with Crippen LogP contribution < -0.4 is 16.4 Å². The molecule has 9 nitrogen and oxygen atoms in total. The van der Waals surface area contributed by atoms with Gasteiger partial charge >= 0.3 is 6.03 Å². The van der Waals surface area contributed by atoms with Crippen LogP contribution in [-0.2, 0) is 10.3 Å². The first-order valence-electron chi connectivity index (χ1n) is 9.28. The zero-order valence-corrected chi connectivity index (χ0v) is 17.1. The van der Waals surface area contributed by atoms with Gasteiger partial charge in [0.2, 0.25) is 5.95 Å². The summed E-state index contributed by atoms with van der Waals surface area (Å²) in [7, 11) is 0. The number of nitrogens with zero attached hydrogens (tertiary/aromatic N) is 5. The van der Waals surface area contributed by atoms with Crippen molar-refractivity contribution >= 4 is 29.2 Å². The normalized spacial score (nSPS) is 19.0. The lowest BCUT2D eigenvalue weighted by atomic mass is 9.96. The predicted molar refractivity (Wildman–Crippen MR) is 108 cm³/mol. The predicted octanol–water partition coefficient (Wildman–Crippen LogP) is 1.61. The Morgan fingerprint density at radius 2 is 2.00 bits per heavy atom. The molecule has 2 aromatic rings.